The number of esters is 1. The third kappa shape index (κ3) is 9.21. The molecule has 0 atom stereocenters. The van der Waals surface area contributed by atoms with Crippen molar-refractivity contribution >= 4 is 25.8 Å². The average molecular weight is 655 g/mol. The zero-order valence-electron chi connectivity index (χ0n) is 28.2. The van der Waals surface area contributed by atoms with E-state index in [0.29, 0.717) is 0 Å². The number of tetrazole rings is 2. The van der Waals surface area contributed by atoms with Gasteiger partial charge in [-0.3, -0.25) is 0 Å². The minimum absolute atomic E-state index is 0. The normalized spacial score (nSPS) is 11.0. The van der Waals surface area contributed by atoms with Gasteiger partial charge >= 0.3 is 36.2 Å². The first kappa shape index (κ1) is 40.4. The van der Waals surface area contributed by atoms with Crippen molar-refractivity contribution in [3.8, 4) is 22.9 Å². The van der Waals surface area contributed by atoms with E-state index in [9.17, 15) is 28.3 Å². The number of nitrogens with two attached hydrogens (primary N) is 2. The molecule has 0 aliphatic rings. The van der Waals surface area contributed by atoms with E-state index >= 15 is 0 Å². The summed E-state index contributed by atoms with van der Waals surface area (Å²) in [4.78, 5) is 35.9. The van der Waals surface area contributed by atoms with Crippen molar-refractivity contribution in [1.29, 1.82) is 0 Å². The minimum atomic E-state index is -1.42. The second-order valence-corrected chi connectivity index (χ2v) is 10.6. The van der Waals surface area contributed by atoms with E-state index < -0.39 is 40.2 Å². The number of carbonyl (C=O) groups excluding carboxylic acids is 1. The van der Waals surface area contributed by atoms with Gasteiger partial charge < -0.3 is 32.2 Å². The third-order valence-corrected chi connectivity index (χ3v) is 5.96. The number of hydrogen-bond acceptors (Lipinski definition) is 13. The average Bonchev–Trinajstić information content (AvgIpc) is 3.48. The molecule has 21 heteroatoms. The van der Waals surface area contributed by atoms with Gasteiger partial charge in [0, 0.05) is 34.6 Å². The fourth-order valence-corrected chi connectivity index (χ4v) is 3.50. The molecule has 47 heavy (non-hydrogen) atoms. The SMILES string of the molecule is CCOC(=O)C(C)(C)Oc1cc(F)c(N)cc1-n1nnn(C)c1=O.Cn1nnn(-c2cc(N)c(F)cc2OC(C)(C)CO)c1=O.[B].[H-].[Li+]. The molecule has 0 aliphatic carbocycles. The Bertz CT molecular complexity index is 1830. The molecule has 4 rings (SSSR count). The summed E-state index contributed by atoms with van der Waals surface area (Å²) in [6.07, 6.45) is 0. The maximum Gasteiger partial charge on any atom is 1.00 e. The Hall–Kier alpha value is -4.67. The number of nitrogens with zero attached hydrogens (tertiary/aromatic N) is 8. The maximum absolute atomic E-state index is 13.9. The molecule has 0 spiro atoms. The summed E-state index contributed by atoms with van der Waals surface area (Å²) in [5, 5.41) is 23.8. The molecule has 17 nitrogen and oxygen atoms in total. The maximum atomic E-state index is 13.9. The molecule has 0 amide bonds. The van der Waals surface area contributed by atoms with Crippen molar-refractivity contribution in [1.82, 2.24) is 39.6 Å². The van der Waals surface area contributed by atoms with Crippen LogP contribution < -0.4 is 51.2 Å². The summed E-state index contributed by atoms with van der Waals surface area (Å²) in [5.41, 5.74) is 7.43. The van der Waals surface area contributed by atoms with Gasteiger partial charge in [0.05, 0.1) is 24.6 Å². The minimum Gasteiger partial charge on any atom is -1.00 e. The summed E-state index contributed by atoms with van der Waals surface area (Å²) < 4.78 is 47.4. The van der Waals surface area contributed by atoms with Gasteiger partial charge in [-0.2, -0.15) is 18.7 Å². The van der Waals surface area contributed by atoms with Gasteiger partial charge in [0.2, 0.25) is 0 Å². The second kappa shape index (κ2) is 15.8. The Kier molecular flexibility index (Phi) is 13.5. The van der Waals surface area contributed by atoms with Gasteiger partial charge in [0.1, 0.15) is 40.1 Å². The molecule has 0 saturated heterocycles. The van der Waals surface area contributed by atoms with Crippen LogP contribution in [0.5, 0.6) is 11.5 Å². The zero-order chi connectivity index (χ0) is 33.9. The van der Waals surface area contributed by atoms with Crippen LogP contribution in [-0.4, -0.2) is 83.5 Å². The molecule has 2 heterocycles. The van der Waals surface area contributed by atoms with Crippen LogP contribution in [0.1, 0.15) is 36.0 Å². The number of aromatic nitrogens is 8. The van der Waals surface area contributed by atoms with Crippen molar-refractivity contribution in [3.05, 3.63) is 56.9 Å². The molecule has 0 saturated carbocycles. The first-order chi connectivity index (χ1) is 20.9. The molecular weight excluding hydrogens is 620 g/mol. The van der Waals surface area contributed by atoms with Crippen molar-refractivity contribution in [2.75, 3.05) is 24.7 Å². The van der Waals surface area contributed by atoms with Crippen LogP contribution in [0.3, 0.4) is 0 Å². The van der Waals surface area contributed by atoms with E-state index in [2.05, 4.69) is 20.9 Å². The fourth-order valence-electron chi connectivity index (χ4n) is 3.50. The van der Waals surface area contributed by atoms with E-state index in [0.717, 1.165) is 30.9 Å². The van der Waals surface area contributed by atoms with Crippen LogP contribution in [-0.2, 0) is 23.6 Å². The molecule has 4 aromatic rings. The van der Waals surface area contributed by atoms with Gasteiger partial charge in [-0.1, -0.05) is 0 Å². The van der Waals surface area contributed by atoms with Gasteiger partial charge in [-0.25, -0.2) is 23.2 Å². The molecule has 0 unspecified atom stereocenters. The first-order valence-corrected chi connectivity index (χ1v) is 13.2. The van der Waals surface area contributed by atoms with Gasteiger partial charge in [-0.15, -0.1) is 0 Å². The smallest absolute Gasteiger partial charge is 1.00 e. The predicted molar refractivity (Wildman–Crippen MR) is 162 cm³/mol. The number of anilines is 2. The second-order valence-electron chi connectivity index (χ2n) is 10.6. The zero-order valence-corrected chi connectivity index (χ0v) is 27.2. The first-order valence-electron chi connectivity index (χ1n) is 13.2. The number of carbonyl (C=O) groups is 1. The summed E-state index contributed by atoms with van der Waals surface area (Å²) >= 11 is 0. The van der Waals surface area contributed by atoms with Crippen molar-refractivity contribution in [2.45, 2.75) is 45.8 Å². The van der Waals surface area contributed by atoms with Crippen LogP contribution in [0.4, 0.5) is 20.2 Å². The molecule has 3 radical (unpaired) electrons. The number of ether oxygens (including phenoxy) is 3. The topological polar surface area (TPSA) is 222 Å². The van der Waals surface area contributed by atoms with Crippen molar-refractivity contribution in [3.63, 3.8) is 0 Å². The molecular formula is C26H35BF2LiN10O7. The number of hydrogen-bond donors (Lipinski definition) is 3. The molecule has 2 aromatic carbocycles. The molecule has 2 aromatic heterocycles. The van der Waals surface area contributed by atoms with E-state index in [4.69, 9.17) is 25.7 Å². The van der Waals surface area contributed by atoms with Gasteiger partial charge in [0.15, 0.2) is 5.60 Å². The fraction of sp³-hybridized carbons (Fsp3) is 0.423. The number of aliphatic hydroxyl groups is 1. The summed E-state index contributed by atoms with van der Waals surface area (Å²) in [7, 11) is 2.83. The Labute approximate surface area is 282 Å². The van der Waals surface area contributed by atoms with E-state index in [1.54, 1.807) is 20.8 Å². The van der Waals surface area contributed by atoms with Crippen LogP contribution in [0, 0.1) is 11.6 Å². The largest absolute Gasteiger partial charge is 1.00 e. The van der Waals surface area contributed by atoms with Gasteiger partial charge in [0.25, 0.3) is 0 Å². The van der Waals surface area contributed by atoms with E-state index in [1.807, 2.05) is 0 Å². The van der Waals surface area contributed by atoms with Crippen LogP contribution >= 0.6 is 0 Å². The summed E-state index contributed by atoms with van der Waals surface area (Å²) in [6.45, 7) is 7.67. The molecule has 0 fully saturated rings. The number of rotatable bonds is 9. The quantitative estimate of drug-likeness (QED) is 0.0930. The third-order valence-electron chi connectivity index (χ3n) is 5.96. The van der Waals surface area contributed by atoms with Crippen LogP contribution in [0.2, 0.25) is 0 Å². The van der Waals surface area contributed by atoms with Crippen molar-refractivity contribution in [2.24, 2.45) is 14.1 Å². The molecule has 5 N–H and O–H groups in total. The number of aliphatic hydroxyl groups excluding tert-OH is 1. The number of halogens is 2. The summed E-state index contributed by atoms with van der Waals surface area (Å²) in [5.74, 6) is -2.16. The Morgan fingerprint density at radius 3 is 1.60 bits per heavy atom. The Morgan fingerprint density at radius 1 is 0.851 bits per heavy atom. The Balaban J connectivity index is 0.000000873. The van der Waals surface area contributed by atoms with E-state index in [-0.39, 0.29) is 76.2 Å². The monoisotopic (exact) mass is 655 g/mol. The number of nitrogen functional groups attached to an aromatic ring is 2. The standard InChI is InChI=1S/C14H18FN5O4.C12H16FN5O3.B.Li.H/c1-5-23-12(21)14(2,3)24-11-6-8(15)9(16)7-10(11)20-13(22)19(4)17-18-20;1-12(2,6-19)21-10-4-7(13)8(14)5-9(10)18-11(20)17(3)15-16-18;;;/h6-7H,5,16H2,1-4H3;4-5,19H,6,14H2,1-3H3;;;/q;;;+1;-1. The van der Waals surface area contributed by atoms with Crippen molar-refractivity contribution < 1.29 is 53.2 Å². The molecule has 0 aliphatic heterocycles. The van der Waals surface area contributed by atoms with Crippen LogP contribution in [0.25, 0.3) is 11.4 Å². The molecule has 249 valence electrons. The number of benzene rings is 2. The van der Waals surface area contributed by atoms with Crippen LogP contribution in [0.15, 0.2) is 33.9 Å². The predicted octanol–water partition coefficient (Wildman–Crippen LogP) is -3.02. The van der Waals surface area contributed by atoms with Gasteiger partial charge in [-0.05, 0) is 67.6 Å². The van der Waals surface area contributed by atoms with E-state index in [1.165, 1.54) is 40.1 Å². The Morgan fingerprint density at radius 2 is 1.26 bits per heavy atom. The number of aryl methyl sites for hydroxylation is 2. The molecule has 0 bridgehead atoms. The summed E-state index contributed by atoms with van der Waals surface area (Å²) in [6, 6.07) is 4.44.